The number of guanidine groups is 1. The summed E-state index contributed by atoms with van der Waals surface area (Å²) in [6.07, 6.45) is 1.60. The molecule has 0 bridgehead atoms. The third-order valence-electron chi connectivity index (χ3n) is 5.16. The smallest absolute Gasteiger partial charge is 0.251 e. The average Bonchev–Trinajstić information content (AvgIpc) is 3.24. The average molecular weight is 374 g/mol. The lowest BCUT2D eigenvalue weighted by Gasteiger charge is -2.37. The van der Waals surface area contributed by atoms with Crippen molar-refractivity contribution in [3.05, 3.63) is 35.4 Å². The van der Waals surface area contributed by atoms with Crippen molar-refractivity contribution in [3.63, 3.8) is 0 Å². The van der Waals surface area contributed by atoms with Crippen LogP contribution >= 0.6 is 0 Å². The van der Waals surface area contributed by atoms with Crippen molar-refractivity contribution in [2.75, 3.05) is 46.9 Å². The van der Waals surface area contributed by atoms with Gasteiger partial charge < -0.3 is 24.6 Å². The van der Waals surface area contributed by atoms with Crippen LogP contribution in [0.3, 0.4) is 0 Å². The molecule has 2 saturated heterocycles. The van der Waals surface area contributed by atoms with E-state index in [1.807, 2.05) is 17.0 Å². The Morgan fingerprint density at radius 1 is 1.22 bits per heavy atom. The monoisotopic (exact) mass is 374 g/mol. The number of methoxy groups -OCH3 is 1. The highest BCUT2D eigenvalue weighted by molar-refractivity contribution is 5.82. The second-order valence-corrected chi connectivity index (χ2v) is 6.92. The quantitative estimate of drug-likeness (QED) is 0.620. The fourth-order valence-corrected chi connectivity index (χ4v) is 3.65. The highest BCUT2D eigenvalue weighted by Crippen LogP contribution is 2.16. The highest BCUT2D eigenvalue weighted by atomic mass is 16.5. The molecule has 27 heavy (non-hydrogen) atoms. The van der Waals surface area contributed by atoms with Gasteiger partial charge in [-0.1, -0.05) is 24.3 Å². The molecule has 2 fully saturated rings. The van der Waals surface area contributed by atoms with Crippen LogP contribution in [-0.2, 0) is 27.4 Å². The van der Waals surface area contributed by atoms with Gasteiger partial charge in [-0.15, -0.1) is 0 Å². The lowest BCUT2D eigenvalue weighted by molar-refractivity contribution is -0.142. The van der Waals surface area contributed by atoms with Gasteiger partial charge in [0.2, 0.25) is 0 Å². The molecule has 0 spiro atoms. The summed E-state index contributed by atoms with van der Waals surface area (Å²) in [5.41, 5.74) is 2.38. The molecule has 2 aliphatic rings. The number of rotatable bonds is 5. The zero-order chi connectivity index (χ0) is 19.1. The molecule has 1 aromatic rings. The summed E-state index contributed by atoms with van der Waals surface area (Å²) in [6.45, 7) is 4.97. The summed E-state index contributed by atoms with van der Waals surface area (Å²) in [7, 11) is 3.51. The number of aliphatic imine (C=N–C) groups is 1. The molecule has 2 aliphatic heterocycles. The third kappa shape index (κ3) is 4.99. The number of carbonyl (C=O) groups excluding carboxylic acids is 1. The first-order valence-electron chi connectivity index (χ1n) is 9.64. The van der Waals surface area contributed by atoms with Crippen LogP contribution in [-0.4, -0.2) is 74.7 Å². The van der Waals surface area contributed by atoms with Gasteiger partial charge in [-0.2, -0.15) is 0 Å². The SMILES string of the molecule is CN=C(NCc1ccccc1COC)N1CCN(C(=O)C2CCCO2)CC1. The first kappa shape index (κ1) is 19.6. The molecule has 1 amide bonds. The van der Waals surface area contributed by atoms with Crippen LogP contribution < -0.4 is 5.32 Å². The van der Waals surface area contributed by atoms with E-state index in [1.165, 1.54) is 11.1 Å². The Bertz CT molecular complexity index is 650. The molecule has 7 nitrogen and oxygen atoms in total. The molecule has 0 aromatic heterocycles. The number of amides is 1. The maximum Gasteiger partial charge on any atom is 0.251 e. The second-order valence-electron chi connectivity index (χ2n) is 6.92. The Balaban J connectivity index is 1.51. The minimum absolute atomic E-state index is 0.142. The summed E-state index contributed by atoms with van der Waals surface area (Å²) >= 11 is 0. The largest absolute Gasteiger partial charge is 0.380 e. The number of piperazine rings is 1. The highest BCUT2D eigenvalue weighted by Gasteiger charge is 2.30. The van der Waals surface area contributed by atoms with Crippen molar-refractivity contribution in [1.29, 1.82) is 0 Å². The van der Waals surface area contributed by atoms with E-state index in [4.69, 9.17) is 9.47 Å². The van der Waals surface area contributed by atoms with E-state index in [-0.39, 0.29) is 12.0 Å². The predicted octanol–water partition coefficient (Wildman–Crippen LogP) is 1.23. The Kier molecular flexibility index (Phi) is 7.06. The van der Waals surface area contributed by atoms with Crippen LogP contribution in [0.15, 0.2) is 29.3 Å². The van der Waals surface area contributed by atoms with Crippen LogP contribution in [0.2, 0.25) is 0 Å². The molecule has 7 heteroatoms. The van der Waals surface area contributed by atoms with E-state index in [0.717, 1.165) is 31.9 Å². The van der Waals surface area contributed by atoms with Crippen molar-refractivity contribution in [2.24, 2.45) is 4.99 Å². The Morgan fingerprint density at radius 3 is 2.56 bits per heavy atom. The number of hydrogen-bond donors (Lipinski definition) is 1. The molecule has 1 atom stereocenters. The molecule has 0 saturated carbocycles. The van der Waals surface area contributed by atoms with Crippen molar-refractivity contribution < 1.29 is 14.3 Å². The summed E-state index contributed by atoms with van der Waals surface area (Å²) in [5, 5.41) is 3.45. The van der Waals surface area contributed by atoms with Gasteiger partial charge in [-0.3, -0.25) is 9.79 Å². The fourth-order valence-electron chi connectivity index (χ4n) is 3.65. The van der Waals surface area contributed by atoms with Gasteiger partial charge in [0, 0.05) is 53.5 Å². The van der Waals surface area contributed by atoms with Gasteiger partial charge in [0.05, 0.1) is 6.61 Å². The van der Waals surface area contributed by atoms with E-state index < -0.39 is 0 Å². The summed E-state index contributed by atoms with van der Waals surface area (Å²) < 4.78 is 10.8. The minimum Gasteiger partial charge on any atom is -0.380 e. The minimum atomic E-state index is -0.230. The normalized spacial score (nSPS) is 20.8. The van der Waals surface area contributed by atoms with Gasteiger partial charge in [-0.05, 0) is 24.0 Å². The Morgan fingerprint density at radius 2 is 1.93 bits per heavy atom. The number of nitrogens with zero attached hydrogens (tertiary/aromatic N) is 3. The first-order chi connectivity index (χ1) is 13.2. The van der Waals surface area contributed by atoms with E-state index in [0.29, 0.717) is 32.8 Å². The van der Waals surface area contributed by atoms with Gasteiger partial charge in [0.1, 0.15) is 6.10 Å². The van der Waals surface area contributed by atoms with Crippen molar-refractivity contribution in [2.45, 2.75) is 32.1 Å². The molecule has 0 aliphatic carbocycles. The Labute approximate surface area is 161 Å². The van der Waals surface area contributed by atoms with E-state index in [1.54, 1.807) is 14.2 Å². The molecule has 1 unspecified atom stereocenters. The topological polar surface area (TPSA) is 66.4 Å². The first-order valence-corrected chi connectivity index (χ1v) is 9.64. The number of carbonyl (C=O) groups is 1. The predicted molar refractivity (Wildman–Crippen MR) is 104 cm³/mol. The van der Waals surface area contributed by atoms with E-state index >= 15 is 0 Å². The van der Waals surface area contributed by atoms with Crippen LogP contribution in [0.4, 0.5) is 0 Å². The standard InChI is InChI=1S/C20H30N4O3/c1-21-20(22-14-16-6-3-4-7-17(16)15-26-2)24-11-9-23(10-12-24)19(25)18-8-5-13-27-18/h3-4,6-7,18H,5,8-15H2,1-2H3,(H,21,22). The van der Waals surface area contributed by atoms with E-state index in [2.05, 4.69) is 27.3 Å². The lowest BCUT2D eigenvalue weighted by Crippen LogP contribution is -2.55. The van der Waals surface area contributed by atoms with Crippen LogP contribution in [0.1, 0.15) is 24.0 Å². The second kappa shape index (κ2) is 9.71. The molecule has 148 valence electrons. The Hall–Kier alpha value is -2.12. The molecule has 0 radical (unpaired) electrons. The number of ether oxygens (including phenoxy) is 2. The molecule has 1 N–H and O–H groups in total. The zero-order valence-corrected chi connectivity index (χ0v) is 16.3. The number of benzene rings is 1. The molecule has 1 aromatic carbocycles. The van der Waals surface area contributed by atoms with Gasteiger partial charge in [0.25, 0.3) is 5.91 Å². The van der Waals surface area contributed by atoms with Crippen molar-refractivity contribution in [3.8, 4) is 0 Å². The molecule has 2 heterocycles. The van der Waals surface area contributed by atoms with E-state index in [9.17, 15) is 4.79 Å². The zero-order valence-electron chi connectivity index (χ0n) is 16.3. The molecule has 3 rings (SSSR count). The van der Waals surface area contributed by atoms with Gasteiger partial charge in [0.15, 0.2) is 5.96 Å². The number of hydrogen-bond acceptors (Lipinski definition) is 4. The van der Waals surface area contributed by atoms with Gasteiger partial charge >= 0.3 is 0 Å². The van der Waals surface area contributed by atoms with Crippen molar-refractivity contribution in [1.82, 2.24) is 15.1 Å². The lowest BCUT2D eigenvalue weighted by atomic mass is 10.1. The summed E-state index contributed by atoms with van der Waals surface area (Å²) in [6, 6.07) is 8.25. The molecular formula is C20H30N4O3. The summed E-state index contributed by atoms with van der Waals surface area (Å²) in [4.78, 5) is 21.0. The van der Waals surface area contributed by atoms with Crippen LogP contribution in [0.5, 0.6) is 0 Å². The maximum atomic E-state index is 12.5. The van der Waals surface area contributed by atoms with Crippen LogP contribution in [0.25, 0.3) is 0 Å². The van der Waals surface area contributed by atoms with Crippen LogP contribution in [0, 0.1) is 0 Å². The van der Waals surface area contributed by atoms with Gasteiger partial charge in [-0.25, -0.2) is 0 Å². The van der Waals surface area contributed by atoms with Crippen molar-refractivity contribution >= 4 is 11.9 Å². The third-order valence-corrected chi connectivity index (χ3v) is 5.16. The molecular weight excluding hydrogens is 344 g/mol. The maximum absolute atomic E-state index is 12.5. The number of nitrogens with one attached hydrogen (secondary N) is 1. The fraction of sp³-hybridized carbons (Fsp3) is 0.600. The summed E-state index contributed by atoms with van der Waals surface area (Å²) in [5.74, 6) is 1.01.